The van der Waals surface area contributed by atoms with Crippen LogP contribution in [0.3, 0.4) is 0 Å². The number of hydrogen-bond donors (Lipinski definition) is 0. The molecule has 0 aliphatic heterocycles. The number of aromatic nitrogens is 1. The lowest BCUT2D eigenvalue weighted by atomic mass is 10.0. The third-order valence-electron chi connectivity index (χ3n) is 9.13. The Hall–Kier alpha value is -6.12. The SMILES string of the molecule is c1ccc(N(c2ccccc2)c2ccc3ccc4c5ccccc5n(-c5ccc(-c6ccc7ccccc7c6)cc5)c4c3c2)cc1. The molecule has 216 valence electrons. The molecule has 1 aromatic heterocycles. The fourth-order valence-corrected chi connectivity index (χ4v) is 6.95. The highest BCUT2D eigenvalue weighted by Crippen LogP contribution is 2.41. The second-order valence-corrected chi connectivity index (χ2v) is 11.8. The summed E-state index contributed by atoms with van der Waals surface area (Å²) in [5.74, 6) is 0. The average molecular weight is 587 g/mol. The van der Waals surface area contributed by atoms with Gasteiger partial charge in [-0.05, 0) is 87.9 Å². The van der Waals surface area contributed by atoms with Crippen molar-refractivity contribution < 1.29 is 0 Å². The maximum absolute atomic E-state index is 2.44. The molecule has 0 unspecified atom stereocenters. The van der Waals surface area contributed by atoms with Crippen molar-refractivity contribution in [3.63, 3.8) is 0 Å². The van der Waals surface area contributed by atoms with E-state index in [-0.39, 0.29) is 0 Å². The van der Waals surface area contributed by atoms with Gasteiger partial charge in [0.1, 0.15) is 0 Å². The number of nitrogens with zero attached hydrogens (tertiary/aromatic N) is 2. The summed E-state index contributed by atoms with van der Waals surface area (Å²) >= 11 is 0. The Morgan fingerprint density at radius 1 is 0.348 bits per heavy atom. The van der Waals surface area contributed by atoms with E-state index in [0.717, 1.165) is 22.7 Å². The van der Waals surface area contributed by atoms with Gasteiger partial charge >= 0.3 is 0 Å². The van der Waals surface area contributed by atoms with Gasteiger partial charge in [0.05, 0.1) is 11.0 Å². The van der Waals surface area contributed by atoms with E-state index < -0.39 is 0 Å². The van der Waals surface area contributed by atoms with Crippen molar-refractivity contribution in [3.05, 3.63) is 182 Å². The third-order valence-corrected chi connectivity index (χ3v) is 9.13. The highest BCUT2D eigenvalue weighted by atomic mass is 15.1. The minimum atomic E-state index is 1.13. The molecule has 1 heterocycles. The number of rotatable bonds is 5. The molecule has 0 N–H and O–H groups in total. The van der Waals surface area contributed by atoms with Crippen LogP contribution < -0.4 is 4.90 Å². The normalized spacial score (nSPS) is 11.5. The summed E-state index contributed by atoms with van der Waals surface area (Å²) in [6.07, 6.45) is 0. The van der Waals surface area contributed by atoms with Crippen molar-refractivity contribution in [2.45, 2.75) is 0 Å². The predicted octanol–water partition coefficient (Wildman–Crippen LogP) is 12.2. The summed E-state index contributed by atoms with van der Waals surface area (Å²) in [6, 6.07) is 65.7. The molecule has 0 amide bonds. The second-order valence-electron chi connectivity index (χ2n) is 11.8. The van der Waals surface area contributed by atoms with Gasteiger partial charge < -0.3 is 9.47 Å². The predicted molar refractivity (Wildman–Crippen MR) is 196 cm³/mol. The highest BCUT2D eigenvalue weighted by molar-refractivity contribution is 6.19. The van der Waals surface area contributed by atoms with Crippen LogP contribution >= 0.6 is 0 Å². The molecule has 0 aliphatic carbocycles. The summed E-state index contributed by atoms with van der Waals surface area (Å²) in [4.78, 5) is 2.34. The zero-order valence-corrected chi connectivity index (χ0v) is 25.2. The van der Waals surface area contributed by atoms with Crippen LogP contribution in [-0.2, 0) is 0 Å². The summed E-state index contributed by atoms with van der Waals surface area (Å²) in [5.41, 5.74) is 9.40. The maximum Gasteiger partial charge on any atom is 0.0620 e. The maximum atomic E-state index is 2.44. The number of hydrogen-bond acceptors (Lipinski definition) is 1. The van der Waals surface area contributed by atoms with Crippen LogP contribution in [0.4, 0.5) is 17.1 Å². The summed E-state index contributed by atoms with van der Waals surface area (Å²) in [6.45, 7) is 0. The number of fused-ring (bicyclic) bond motifs is 6. The molecule has 0 atom stereocenters. The molecule has 8 aromatic carbocycles. The van der Waals surface area contributed by atoms with Crippen LogP contribution in [0.5, 0.6) is 0 Å². The Bertz CT molecular complexity index is 2470. The van der Waals surface area contributed by atoms with E-state index in [1.807, 2.05) is 0 Å². The first-order valence-corrected chi connectivity index (χ1v) is 15.8. The van der Waals surface area contributed by atoms with Crippen LogP contribution in [0.15, 0.2) is 182 Å². The molecule has 9 rings (SSSR count). The molecule has 0 saturated carbocycles. The van der Waals surface area contributed by atoms with Crippen molar-refractivity contribution in [1.82, 2.24) is 4.57 Å². The van der Waals surface area contributed by atoms with Gasteiger partial charge in [-0.3, -0.25) is 0 Å². The van der Waals surface area contributed by atoms with E-state index in [0.29, 0.717) is 0 Å². The van der Waals surface area contributed by atoms with Gasteiger partial charge in [0, 0.05) is 38.9 Å². The first-order valence-electron chi connectivity index (χ1n) is 15.8. The van der Waals surface area contributed by atoms with Crippen molar-refractivity contribution in [2.75, 3.05) is 4.90 Å². The van der Waals surface area contributed by atoms with Gasteiger partial charge in [0.15, 0.2) is 0 Å². The Kier molecular flexibility index (Phi) is 6.17. The first-order chi connectivity index (χ1) is 22.8. The molecule has 0 radical (unpaired) electrons. The van der Waals surface area contributed by atoms with Crippen LogP contribution in [0, 0.1) is 0 Å². The van der Waals surface area contributed by atoms with Gasteiger partial charge in [-0.15, -0.1) is 0 Å². The molecule has 46 heavy (non-hydrogen) atoms. The lowest BCUT2D eigenvalue weighted by molar-refractivity contribution is 1.19. The highest BCUT2D eigenvalue weighted by Gasteiger charge is 2.18. The fraction of sp³-hybridized carbons (Fsp3) is 0. The van der Waals surface area contributed by atoms with Crippen molar-refractivity contribution in [1.29, 1.82) is 0 Å². The van der Waals surface area contributed by atoms with Gasteiger partial charge in [0.25, 0.3) is 0 Å². The van der Waals surface area contributed by atoms with Crippen LogP contribution in [0.2, 0.25) is 0 Å². The van der Waals surface area contributed by atoms with Crippen molar-refractivity contribution in [2.24, 2.45) is 0 Å². The summed E-state index contributed by atoms with van der Waals surface area (Å²) in [7, 11) is 0. The van der Waals surface area contributed by atoms with E-state index in [1.54, 1.807) is 0 Å². The van der Waals surface area contributed by atoms with E-state index in [9.17, 15) is 0 Å². The van der Waals surface area contributed by atoms with Crippen molar-refractivity contribution >= 4 is 60.4 Å². The molecule has 0 bridgehead atoms. The van der Waals surface area contributed by atoms with E-state index in [2.05, 4.69) is 191 Å². The molecule has 0 fully saturated rings. The Morgan fingerprint density at radius 2 is 0.957 bits per heavy atom. The third kappa shape index (κ3) is 4.35. The molecular formula is C44H30N2. The zero-order chi connectivity index (χ0) is 30.5. The van der Waals surface area contributed by atoms with Crippen LogP contribution in [0.1, 0.15) is 0 Å². The Balaban J connectivity index is 1.25. The summed E-state index contributed by atoms with van der Waals surface area (Å²) in [5, 5.41) is 7.47. The fourth-order valence-electron chi connectivity index (χ4n) is 6.95. The molecule has 0 saturated heterocycles. The largest absolute Gasteiger partial charge is 0.310 e. The lowest BCUT2D eigenvalue weighted by Gasteiger charge is -2.26. The zero-order valence-electron chi connectivity index (χ0n) is 25.2. The second kappa shape index (κ2) is 10.8. The molecule has 2 heteroatoms. The molecule has 0 spiro atoms. The minimum absolute atomic E-state index is 1.13. The quantitative estimate of drug-likeness (QED) is 0.195. The van der Waals surface area contributed by atoms with Gasteiger partial charge in [0.2, 0.25) is 0 Å². The molecular weight excluding hydrogens is 556 g/mol. The van der Waals surface area contributed by atoms with E-state index >= 15 is 0 Å². The number of para-hydroxylation sites is 3. The van der Waals surface area contributed by atoms with Gasteiger partial charge in [-0.1, -0.05) is 121 Å². The molecule has 2 nitrogen and oxygen atoms in total. The monoisotopic (exact) mass is 586 g/mol. The number of benzene rings is 8. The Labute approximate surface area is 268 Å². The Morgan fingerprint density at radius 3 is 1.72 bits per heavy atom. The van der Waals surface area contributed by atoms with Crippen LogP contribution in [0.25, 0.3) is 60.2 Å². The average Bonchev–Trinajstić information content (AvgIpc) is 3.47. The van der Waals surface area contributed by atoms with Gasteiger partial charge in [-0.25, -0.2) is 0 Å². The van der Waals surface area contributed by atoms with Crippen molar-refractivity contribution in [3.8, 4) is 16.8 Å². The van der Waals surface area contributed by atoms with Crippen LogP contribution in [-0.4, -0.2) is 4.57 Å². The number of anilines is 3. The topological polar surface area (TPSA) is 8.17 Å². The standard InChI is InChI=1S/C44H30N2/c1-3-13-36(14-4-1)45(37-15-5-2-6-16-37)39-27-23-33-24-28-41-40-17-9-10-18-43(40)46(44(41)42(33)30-39)38-25-21-32(22-26-38)35-20-19-31-11-7-8-12-34(31)29-35/h1-30H. The summed E-state index contributed by atoms with van der Waals surface area (Å²) < 4.78 is 2.44. The van der Waals surface area contributed by atoms with E-state index in [1.165, 1.54) is 54.5 Å². The lowest BCUT2D eigenvalue weighted by Crippen LogP contribution is -2.09. The first kappa shape index (κ1) is 26.3. The minimum Gasteiger partial charge on any atom is -0.310 e. The molecule has 9 aromatic rings. The smallest absolute Gasteiger partial charge is 0.0620 e. The molecule has 0 aliphatic rings. The van der Waals surface area contributed by atoms with E-state index in [4.69, 9.17) is 0 Å². The van der Waals surface area contributed by atoms with Gasteiger partial charge in [-0.2, -0.15) is 0 Å².